The van der Waals surface area contributed by atoms with Crippen molar-refractivity contribution in [2.24, 2.45) is 0 Å². The fourth-order valence-electron chi connectivity index (χ4n) is 4.00. The van der Waals surface area contributed by atoms with Gasteiger partial charge in [-0.15, -0.1) is 5.10 Å². The largest absolute Gasteiger partial charge is 0.477 e. The molecule has 3 aromatic heterocycles. The van der Waals surface area contributed by atoms with E-state index in [0.717, 1.165) is 42.5 Å². The van der Waals surface area contributed by atoms with Gasteiger partial charge in [-0.2, -0.15) is 0 Å². The van der Waals surface area contributed by atoms with E-state index in [1.165, 1.54) is 7.11 Å². The maximum absolute atomic E-state index is 11.8. The molecule has 0 radical (unpaired) electrons. The number of likely N-dealkylation sites (tertiary alicyclic amines) is 1. The molecule has 4 aromatic rings. The Morgan fingerprint density at radius 3 is 3.03 bits per heavy atom. The van der Waals surface area contributed by atoms with E-state index in [4.69, 9.17) is 13.9 Å². The van der Waals surface area contributed by atoms with E-state index in [1.807, 2.05) is 36.4 Å². The second-order valence-corrected chi connectivity index (χ2v) is 7.33. The standard InChI is InChI=1S/C22H22N4O4/c1-28-22(27)25-11-4-6-16(25)10-12-29-21-9-8-20-23-14-17(26(20)24-21)19-13-15-5-2-3-7-18(15)30-19/h2-3,5,7-9,13-14,16H,4,6,10-12H2,1H3. The van der Waals surface area contributed by atoms with Crippen LogP contribution in [-0.4, -0.2) is 51.9 Å². The van der Waals surface area contributed by atoms with Crippen LogP contribution in [-0.2, 0) is 4.74 Å². The summed E-state index contributed by atoms with van der Waals surface area (Å²) in [7, 11) is 1.41. The number of ether oxygens (including phenoxy) is 2. The molecule has 8 heteroatoms. The summed E-state index contributed by atoms with van der Waals surface area (Å²) in [6.45, 7) is 1.20. The van der Waals surface area contributed by atoms with Crippen molar-refractivity contribution in [3.05, 3.63) is 48.7 Å². The number of rotatable bonds is 5. The molecule has 0 saturated carbocycles. The molecule has 1 unspecified atom stereocenters. The number of furan rings is 1. The number of carbonyl (C=O) groups excluding carboxylic acids is 1. The zero-order chi connectivity index (χ0) is 20.5. The highest BCUT2D eigenvalue weighted by Gasteiger charge is 2.29. The number of fused-ring (bicyclic) bond motifs is 2. The summed E-state index contributed by atoms with van der Waals surface area (Å²) in [6.07, 6.45) is 4.15. The van der Waals surface area contributed by atoms with Gasteiger partial charge in [-0.25, -0.2) is 14.3 Å². The first kappa shape index (κ1) is 18.5. The second-order valence-electron chi connectivity index (χ2n) is 7.33. The average molecular weight is 406 g/mol. The number of imidazole rings is 1. The molecule has 0 aliphatic carbocycles. The third-order valence-corrected chi connectivity index (χ3v) is 5.50. The molecule has 154 valence electrons. The molecule has 1 aliphatic rings. The van der Waals surface area contributed by atoms with Crippen LogP contribution in [0.2, 0.25) is 0 Å². The predicted molar refractivity (Wildman–Crippen MR) is 110 cm³/mol. The lowest BCUT2D eigenvalue weighted by Gasteiger charge is -2.23. The number of hydrogen-bond donors (Lipinski definition) is 0. The lowest BCUT2D eigenvalue weighted by Crippen LogP contribution is -2.36. The molecule has 1 amide bonds. The van der Waals surface area contributed by atoms with Crippen LogP contribution in [0, 0.1) is 0 Å². The van der Waals surface area contributed by atoms with Gasteiger partial charge in [-0.1, -0.05) is 18.2 Å². The van der Waals surface area contributed by atoms with Crippen LogP contribution in [0.3, 0.4) is 0 Å². The Bertz CT molecular complexity index is 1170. The summed E-state index contributed by atoms with van der Waals surface area (Å²) in [5, 5.41) is 5.61. The number of nitrogens with zero attached hydrogens (tertiary/aromatic N) is 4. The van der Waals surface area contributed by atoms with Gasteiger partial charge in [-0.05, 0) is 31.0 Å². The number of benzene rings is 1. The molecule has 1 fully saturated rings. The minimum atomic E-state index is -0.272. The Labute approximate surface area is 173 Å². The van der Waals surface area contributed by atoms with Gasteiger partial charge >= 0.3 is 6.09 Å². The fraction of sp³-hybridized carbons (Fsp3) is 0.318. The van der Waals surface area contributed by atoms with Crippen LogP contribution in [0.4, 0.5) is 4.79 Å². The Balaban J connectivity index is 1.32. The third-order valence-electron chi connectivity index (χ3n) is 5.50. The van der Waals surface area contributed by atoms with Gasteiger partial charge in [0.15, 0.2) is 11.4 Å². The summed E-state index contributed by atoms with van der Waals surface area (Å²) < 4.78 is 18.4. The lowest BCUT2D eigenvalue weighted by molar-refractivity contribution is 0.113. The van der Waals surface area contributed by atoms with Crippen LogP contribution >= 0.6 is 0 Å². The zero-order valence-electron chi connectivity index (χ0n) is 16.7. The topological polar surface area (TPSA) is 82.1 Å². The molecule has 1 aliphatic heterocycles. The third kappa shape index (κ3) is 3.34. The molecular weight excluding hydrogens is 384 g/mol. The monoisotopic (exact) mass is 406 g/mol. The van der Waals surface area contributed by atoms with Gasteiger partial charge in [0.2, 0.25) is 5.88 Å². The number of para-hydroxylation sites is 1. The van der Waals surface area contributed by atoms with E-state index in [2.05, 4.69) is 10.1 Å². The first-order chi connectivity index (χ1) is 14.7. The smallest absolute Gasteiger partial charge is 0.409 e. The molecule has 1 atom stereocenters. The summed E-state index contributed by atoms with van der Waals surface area (Å²) in [5.74, 6) is 1.20. The van der Waals surface area contributed by atoms with Gasteiger partial charge in [0, 0.05) is 30.5 Å². The molecule has 30 heavy (non-hydrogen) atoms. The molecular formula is C22H22N4O4. The summed E-state index contributed by atoms with van der Waals surface area (Å²) >= 11 is 0. The van der Waals surface area contributed by atoms with E-state index in [1.54, 1.807) is 21.7 Å². The van der Waals surface area contributed by atoms with Gasteiger partial charge < -0.3 is 18.8 Å². The van der Waals surface area contributed by atoms with Crippen molar-refractivity contribution in [1.82, 2.24) is 19.5 Å². The highest BCUT2D eigenvalue weighted by molar-refractivity contribution is 5.82. The molecule has 0 bridgehead atoms. The van der Waals surface area contributed by atoms with E-state index < -0.39 is 0 Å². The Morgan fingerprint density at radius 1 is 1.27 bits per heavy atom. The van der Waals surface area contributed by atoms with Crippen LogP contribution < -0.4 is 4.74 Å². The SMILES string of the molecule is COC(=O)N1CCCC1CCOc1ccc2ncc(-c3cc4ccccc4o3)n2n1. The summed E-state index contributed by atoms with van der Waals surface area (Å²) in [4.78, 5) is 18.0. The summed E-state index contributed by atoms with van der Waals surface area (Å²) in [6, 6.07) is 13.7. The fourth-order valence-corrected chi connectivity index (χ4v) is 4.00. The van der Waals surface area contributed by atoms with E-state index in [9.17, 15) is 4.79 Å². The number of hydrogen-bond acceptors (Lipinski definition) is 6. The van der Waals surface area contributed by atoms with Crippen LogP contribution in [0.5, 0.6) is 5.88 Å². The molecule has 8 nitrogen and oxygen atoms in total. The van der Waals surface area contributed by atoms with Crippen molar-refractivity contribution < 1.29 is 18.7 Å². The number of aromatic nitrogens is 3. The molecule has 1 saturated heterocycles. The number of carbonyl (C=O) groups is 1. The van der Waals surface area contributed by atoms with Crippen molar-refractivity contribution in [3.63, 3.8) is 0 Å². The minimum Gasteiger partial charge on any atom is -0.477 e. The molecule has 4 heterocycles. The Kier molecular flexibility index (Phi) is 4.74. The van der Waals surface area contributed by atoms with E-state index in [0.29, 0.717) is 23.9 Å². The number of methoxy groups -OCH3 is 1. The summed E-state index contributed by atoms with van der Waals surface area (Å²) in [5.41, 5.74) is 2.30. The maximum atomic E-state index is 11.8. The minimum absolute atomic E-state index is 0.139. The predicted octanol–water partition coefficient (Wildman–Crippen LogP) is 4.14. The van der Waals surface area contributed by atoms with Crippen molar-refractivity contribution in [3.8, 4) is 17.3 Å². The first-order valence-electron chi connectivity index (χ1n) is 10.0. The van der Waals surface area contributed by atoms with E-state index >= 15 is 0 Å². The van der Waals surface area contributed by atoms with Gasteiger partial charge in [0.1, 0.15) is 11.3 Å². The Morgan fingerprint density at radius 2 is 2.17 bits per heavy atom. The highest BCUT2D eigenvalue weighted by Crippen LogP contribution is 2.28. The van der Waals surface area contributed by atoms with Gasteiger partial charge in [0.25, 0.3) is 0 Å². The van der Waals surface area contributed by atoms with Crippen molar-refractivity contribution in [2.45, 2.75) is 25.3 Å². The first-order valence-corrected chi connectivity index (χ1v) is 10.0. The normalized spacial score (nSPS) is 16.4. The Hall–Kier alpha value is -3.55. The molecule has 0 spiro atoms. The van der Waals surface area contributed by atoms with Gasteiger partial charge in [-0.3, -0.25) is 0 Å². The molecule has 0 N–H and O–H groups in total. The molecule has 1 aromatic carbocycles. The quantitative estimate of drug-likeness (QED) is 0.495. The zero-order valence-corrected chi connectivity index (χ0v) is 16.7. The van der Waals surface area contributed by atoms with Crippen LogP contribution in [0.15, 0.2) is 53.1 Å². The van der Waals surface area contributed by atoms with Gasteiger partial charge in [0.05, 0.1) is 19.9 Å². The van der Waals surface area contributed by atoms with Crippen molar-refractivity contribution in [2.75, 3.05) is 20.3 Å². The molecule has 5 rings (SSSR count). The maximum Gasteiger partial charge on any atom is 0.409 e. The lowest BCUT2D eigenvalue weighted by atomic mass is 10.1. The van der Waals surface area contributed by atoms with Crippen LogP contribution in [0.1, 0.15) is 19.3 Å². The number of amides is 1. The second kappa shape index (κ2) is 7.70. The van der Waals surface area contributed by atoms with Crippen molar-refractivity contribution in [1.29, 1.82) is 0 Å². The van der Waals surface area contributed by atoms with Crippen molar-refractivity contribution >= 4 is 22.7 Å². The highest BCUT2D eigenvalue weighted by atomic mass is 16.5. The average Bonchev–Trinajstić information content (AvgIpc) is 3.50. The van der Waals surface area contributed by atoms with E-state index in [-0.39, 0.29) is 12.1 Å². The van der Waals surface area contributed by atoms with Crippen LogP contribution in [0.25, 0.3) is 28.1 Å².